The summed E-state index contributed by atoms with van der Waals surface area (Å²) in [6.45, 7) is 4.52. The molecule has 3 aliphatic rings. The molecule has 4 N–H and O–H groups in total. The highest BCUT2D eigenvalue weighted by Crippen LogP contribution is 2.42. The molecule has 3 saturated heterocycles. The van der Waals surface area contributed by atoms with Crippen molar-refractivity contribution in [2.24, 2.45) is 11.8 Å². The summed E-state index contributed by atoms with van der Waals surface area (Å²) in [7, 11) is -3.95. The number of aliphatic hydroxyl groups excluding tert-OH is 1. The molecule has 0 spiro atoms. The van der Waals surface area contributed by atoms with Gasteiger partial charge in [0.05, 0.1) is 41.8 Å². The van der Waals surface area contributed by atoms with Crippen LogP contribution in [0.15, 0.2) is 59.5 Å². The van der Waals surface area contributed by atoms with Crippen LogP contribution in [-0.2, 0) is 35.4 Å². The zero-order valence-corrected chi connectivity index (χ0v) is 24.1. The van der Waals surface area contributed by atoms with E-state index in [1.807, 2.05) is 44.2 Å². The lowest BCUT2D eigenvalue weighted by Gasteiger charge is -2.31. The van der Waals surface area contributed by atoms with Gasteiger partial charge in [0.1, 0.15) is 6.10 Å². The number of aliphatic hydroxyl groups is 1. The van der Waals surface area contributed by atoms with Crippen LogP contribution in [-0.4, -0.2) is 87.0 Å². The van der Waals surface area contributed by atoms with Crippen molar-refractivity contribution in [1.82, 2.24) is 9.62 Å². The molecule has 0 radical (unpaired) electrons. The van der Waals surface area contributed by atoms with Crippen LogP contribution in [0.4, 0.5) is 10.5 Å². The zero-order valence-electron chi connectivity index (χ0n) is 23.3. The SMILES string of the molecule is CC(C)CN(CC(O)C(Cc1ccccc1)NC(=O)OC1COC2OC3CCOC3C12)S(=O)(=O)c1ccc(N)cc1. The first-order valence-electron chi connectivity index (χ1n) is 14.1. The Morgan fingerprint density at radius 3 is 2.56 bits per heavy atom. The van der Waals surface area contributed by atoms with Crippen molar-refractivity contribution in [1.29, 1.82) is 0 Å². The van der Waals surface area contributed by atoms with Gasteiger partial charge < -0.3 is 35.1 Å². The van der Waals surface area contributed by atoms with Gasteiger partial charge in [-0.25, -0.2) is 13.2 Å². The monoisotopic (exact) mass is 589 g/mol. The van der Waals surface area contributed by atoms with Crippen LogP contribution in [0, 0.1) is 11.8 Å². The van der Waals surface area contributed by atoms with E-state index < -0.39 is 40.7 Å². The molecule has 3 heterocycles. The molecule has 3 fully saturated rings. The van der Waals surface area contributed by atoms with Crippen LogP contribution in [0.25, 0.3) is 0 Å². The molecule has 2 aromatic carbocycles. The fraction of sp³-hybridized carbons (Fsp3) is 0.552. The number of nitrogens with one attached hydrogen (secondary N) is 1. The second-order valence-corrected chi connectivity index (χ2v) is 13.3. The van der Waals surface area contributed by atoms with Gasteiger partial charge in [0, 0.05) is 25.4 Å². The molecule has 5 rings (SSSR count). The lowest BCUT2D eigenvalue weighted by molar-refractivity contribution is -0.116. The van der Waals surface area contributed by atoms with Crippen molar-refractivity contribution in [2.75, 3.05) is 32.0 Å². The van der Waals surface area contributed by atoms with Gasteiger partial charge >= 0.3 is 6.09 Å². The van der Waals surface area contributed by atoms with E-state index in [1.165, 1.54) is 28.6 Å². The van der Waals surface area contributed by atoms with Crippen LogP contribution in [0.3, 0.4) is 0 Å². The van der Waals surface area contributed by atoms with E-state index in [9.17, 15) is 18.3 Å². The van der Waals surface area contributed by atoms with Crippen molar-refractivity contribution in [2.45, 2.75) is 68.3 Å². The van der Waals surface area contributed by atoms with Gasteiger partial charge in [0.25, 0.3) is 0 Å². The van der Waals surface area contributed by atoms with Crippen LogP contribution in [0.1, 0.15) is 25.8 Å². The van der Waals surface area contributed by atoms with E-state index in [2.05, 4.69) is 5.32 Å². The first kappa shape index (κ1) is 29.7. The number of carbonyl (C=O) groups excluding carboxylic acids is 1. The van der Waals surface area contributed by atoms with Gasteiger partial charge in [-0.1, -0.05) is 44.2 Å². The van der Waals surface area contributed by atoms with Gasteiger partial charge in [-0.15, -0.1) is 0 Å². The number of sulfonamides is 1. The fourth-order valence-electron chi connectivity index (χ4n) is 5.74. The third-order valence-electron chi connectivity index (χ3n) is 7.74. The molecule has 0 aromatic heterocycles. The molecule has 41 heavy (non-hydrogen) atoms. The molecule has 12 heteroatoms. The van der Waals surface area contributed by atoms with Crippen molar-refractivity contribution in [3.05, 3.63) is 60.2 Å². The second kappa shape index (κ2) is 12.6. The highest BCUT2D eigenvalue weighted by molar-refractivity contribution is 7.89. The third kappa shape index (κ3) is 6.85. The number of alkyl carbamates (subject to hydrolysis) is 1. The maximum absolute atomic E-state index is 13.6. The summed E-state index contributed by atoms with van der Waals surface area (Å²) in [4.78, 5) is 13.3. The van der Waals surface area contributed by atoms with Crippen LogP contribution < -0.4 is 11.1 Å². The molecule has 7 atom stereocenters. The van der Waals surface area contributed by atoms with Crippen molar-refractivity contribution >= 4 is 21.8 Å². The Hall–Kier alpha value is -2.74. The summed E-state index contributed by atoms with van der Waals surface area (Å²) in [6.07, 6.45) is -2.22. The molecule has 0 aliphatic carbocycles. The van der Waals surface area contributed by atoms with E-state index >= 15 is 0 Å². The minimum absolute atomic E-state index is 0.0122. The number of carbonyl (C=O) groups is 1. The van der Waals surface area contributed by atoms with Gasteiger partial charge in [-0.3, -0.25) is 0 Å². The van der Waals surface area contributed by atoms with Crippen molar-refractivity contribution in [3.63, 3.8) is 0 Å². The third-order valence-corrected chi connectivity index (χ3v) is 9.58. The molecule has 3 aliphatic heterocycles. The molecule has 0 saturated carbocycles. The minimum atomic E-state index is -3.95. The number of amides is 1. The minimum Gasteiger partial charge on any atom is -0.443 e. The lowest BCUT2D eigenvalue weighted by atomic mass is 9.97. The van der Waals surface area contributed by atoms with Crippen LogP contribution in [0.2, 0.25) is 0 Å². The number of ether oxygens (including phenoxy) is 4. The summed E-state index contributed by atoms with van der Waals surface area (Å²) in [6, 6.07) is 14.5. The second-order valence-electron chi connectivity index (χ2n) is 11.3. The smallest absolute Gasteiger partial charge is 0.407 e. The highest BCUT2D eigenvalue weighted by atomic mass is 32.2. The summed E-state index contributed by atoms with van der Waals surface area (Å²) >= 11 is 0. The number of nitrogen functional groups attached to an aromatic ring is 1. The van der Waals surface area contributed by atoms with E-state index in [-0.39, 0.29) is 55.1 Å². The van der Waals surface area contributed by atoms with Gasteiger partial charge in [0.2, 0.25) is 10.0 Å². The van der Waals surface area contributed by atoms with E-state index in [4.69, 9.17) is 24.7 Å². The lowest BCUT2D eigenvalue weighted by Crippen LogP contribution is -2.52. The topological polar surface area (TPSA) is 150 Å². The molecule has 7 unspecified atom stereocenters. The summed E-state index contributed by atoms with van der Waals surface area (Å²) in [5.41, 5.74) is 7.07. The summed E-state index contributed by atoms with van der Waals surface area (Å²) in [5.74, 6) is -0.237. The average molecular weight is 590 g/mol. The average Bonchev–Trinajstić information content (AvgIpc) is 3.62. The van der Waals surface area contributed by atoms with Crippen molar-refractivity contribution < 1.29 is 37.3 Å². The first-order chi connectivity index (χ1) is 19.6. The Kier molecular flexibility index (Phi) is 9.17. The van der Waals surface area contributed by atoms with Gasteiger partial charge in [-0.2, -0.15) is 4.31 Å². The van der Waals surface area contributed by atoms with Crippen molar-refractivity contribution in [3.8, 4) is 0 Å². The van der Waals surface area contributed by atoms with E-state index in [0.717, 1.165) is 12.0 Å². The van der Waals surface area contributed by atoms with E-state index in [0.29, 0.717) is 12.3 Å². The normalized spacial score (nSPS) is 27.0. The standard InChI is InChI=1S/C29H39N3O8S/c1-18(2)15-32(41(35,36)21-10-8-20(30)9-11-21)16-23(33)22(14-19-6-4-3-5-7-19)31-29(34)40-25-17-38-28-26(25)27-24(39-28)12-13-37-27/h3-11,18,22-28,33H,12-17,30H2,1-2H3,(H,31,34). The number of nitrogens with zero attached hydrogens (tertiary/aromatic N) is 1. The molecular formula is C29H39N3O8S. The maximum Gasteiger partial charge on any atom is 0.407 e. The highest BCUT2D eigenvalue weighted by Gasteiger charge is 2.56. The fourth-order valence-corrected chi connectivity index (χ4v) is 7.36. The van der Waals surface area contributed by atoms with Crippen LogP contribution >= 0.6 is 0 Å². The molecule has 2 aromatic rings. The van der Waals surface area contributed by atoms with Crippen LogP contribution in [0.5, 0.6) is 0 Å². The largest absolute Gasteiger partial charge is 0.443 e. The van der Waals surface area contributed by atoms with Gasteiger partial charge in [0.15, 0.2) is 6.29 Å². The maximum atomic E-state index is 13.6. The zero-order chi connectivity index (χ0) is 29.1. The van der Waals surface area contributed by atoms with E-state index in [1.54, 1.807) is 0 Å². The number of hydrogen-bond donors (Lipinski definition) is 3. The van der Waals surface area contributed by atoms with Gasteiger partial charge in [-0.05, 0) is 48.6 Å². The molecule has 0 bridgehead atoms. The number of fused-ring (bicyclic) bond motifs is 3. The molecule has 11 nitrogen and oxygen atoms in total. The Labute approximate surface area is 240 Å². The number of anilines is 1. The number of rotatable bonds is 11. The predicted octanol–water partition coefficient (Wildman–Crippen LogP) is 2.14. The molecular weight excluding hydrogens is 550 g/mol. The Balaban J connectivity index is 1.31. The number of hydrogen-bond acceptors (Lipinski definition) is 9. The Morgan fingerprint density at radius 1 is 1.12 bits per heavy atom. The Bertz CT molecular complexity index is 1280. The summed E-state index contributed by atoms with van der Waals surface area (Å²) < 4.78 is 51.6. The quantitative estimate of drug-likeness (QED) is 0.335. The first-order valence-corrected chi connectivity index (χ1v) is 15.5. The molecule has 224 valence electrons. The predicted molar refractivity (Wildman–Crippen MR) is 150 cm³/mol. The Morgan fingerprint density at radius 2 is 1.85 bits per heavy atom. The molecule has 1 amide bonds. The number of benzene rings is 2. The number of nitrogens with two attached hydrogens (primary N) is 1. The summed E-state index contributed by atoms with van der Waals surface area (Å²) in [5, 5.41) is 14.2.